The van der Waals surface area contributed by atoms with E-state index in [1.807, 2.05) is 20.8 Å². The highest BCUT2D eigenvalue weighted by Gasteiger charge is 2.27. The average Bonchev–Trinajstić information content (AvgIpc) is 2.84. The maximum Gasteiger partial charge on any atom is 0.407 e. The van der Waals surface area contributed by atoms with Crippen molar-refractivity contribution in [2.24, 2.45) is 0 Å². The summed E-state index contributed by atoms with van der Waals surface area (Å²) in [4.78, 5) is 20.4. The Labute approximate surface area is 165 Å². The van der Waals surface area contributed by atoms with Gasteiger partial charge in [0.1, 0.15) is 22.7 Å². The van der Waals surface area contributed by atoms with Crippen molar-refractivity contribution >= 4 is 51.3 Å². The molecule has 0 atom stereocenters. The highest BCUT2D eigenvalue weighted by molar-refractivity contribution is 14.1. The van der Waals surface area contributed by atoms with Gasteiger partial charge in [0.25, 0.3) is 0 Å². The highest BCUT2D eigenvalue weighted by atomic mass is 127. The van der Waals surface area contributed by atoms with Gasteiger partial charge in [-0.3, -0.25) is 0 Å². The van der Waals surface area contributed by atoms with Gasteiger partial charge in [-0.05, 0) is 69.0 Å². The van der Waals surface area contributed by atoms with Gasteiger partial charge in [0.05, 0.1) is 5.39 Å². The lowest BCUT2D eigenvalue weighted by atomic mass is 9.91. The summed E-state index contributed by atoms with van der Waals surface area (Å²) in [5.74, 6) is 0. The Morgan fingerprint density at radius 2 is 2.00 bits per heavy atom. The Morgan fingerprint density at radius 3 is 2.64 bits per heavy atom. The number of fused-ring (bicyclic) bond motifs is 1. The second-order valence-corrected chi connectivity index (χ2v) is 8.92. The maximum atomic E-state index is 11.9. The number of halogens is 2. The molecule has 0 saturated heterocycles. The number of carbonyl (C=O) groups excluding carboxylic acids is 1. The minimum absolute atomic E-state index is 0.158. The Kier molecular flexibility index (Phi) is 5.43. The molecule has 1 amide bonds. The van der Waals surface area contributed by atoms with Gasteiger partial charge in [0.15, 0.2) is 0 Å². The van der Waals surface area contributed by atoms with Gasteiger partial charge in [0, 0.05) is 21.9 Å². The Morgan fingerprint density at radius 1 is 1.32 bits per heavy atom. The van der Waals surface area contributed by atoms with Crippen LogP contribution in [0.2, 0.25) is 5.15 Å². The zero-order chi connectivity index (χ0) is 18.2. The van der Waals surface area contributed by atoms with Crippen molar-refractivity contribution in [2.45, 2.75) is 64.1 Å². The van der Waals surface area contributed by atoms with E-state index in [-0.39, 0.29) is 12.1 Å². The van der Waals surface area contributed by atoms with Crippen molar-refractivity contribution < 1.29 is 9.53 Å². The summed E-state index contributed by atoms with van der Waals surface area (Å²) in [7, 11) is 0. The minimum Gasteiger partial charge on any atom is -0.444 e. The van der Waals surface area contributed by atoms with Gasteiger partial charge in [0.2, 0.25) is 0 Å². The molecule has 1 N–H and O–H groups in total. The monoisotopic (exact) mass is 476 g/mol. The molecule has 0 unspecified atom stereocenters. The van der Waals surface area contributed by atoms with Crippen LogP contribution in [0.15, 0.2) is 12.5 Å². The first-order chi connectivity index (χ1) is 11.7. The van der Waals surface area contributed by atoms with E-state index in [0.29, 0.717) is 11.2 Å². The third-order valence-electron chi connectivity index (χ3n) is 4.33. The number of carbonyl (C=O) groups is 1. The van der Waals surface area contributed by atoms with Gasteiger partial charge in [-0.2, -0.15) is 0 Å². The molecule has 1 aliphatic rings. The van der Waals surface area contributed by atoms with Gasteiger partial charge in [-0.1, -0.05) is 11.6 Å². The van der Waals surface area contributed by atoms with Crippen LogP contribution < -0.4 is 5.32 Å². The lowest BCUT2D eigenvalue weighted by molar-refractivity contribution is 0.0488. The number of rotatable bonds is 2. The molecule has 0 radical (unpaired) electrons. The molecule has 0 spiro atoms. The standard InChI is InChI=1S/C17H22ClIN4O2/c1-17(2,3)25-16(24)22-10-4-6-11(7-5-10)23-8-12(19)13-14(18)20-9-21-15(13)23/h8-11H,4-7H2,1-3H3,(H,22,24). The second-order valence-electron chi connectivity index (χ2n) is 7.40. The van der Waals surface area contributed by atoms with E-state index in [2.05, 4.69) is 48.6 Å². The molecule has 0 bridgehead atoms. The smallest absolute Gasteiger partial charge is 0.407 e. The number of alkyl carbamates (subject to hydrolysis) is 1. The largest absolute Gasteiger partial charge is 0.444 e. The molecule has 1 aliphatic carbocycles. The fraction of sp³-hybridized carbons (Fsp3) is 0.588. The van der Waals surface area contributed by atoms with E-state index in [9.17, 15) is 4.79 Å². The lowest BCUT2D eigenvalue weighted by Crippen LogP contribution is -2.41. The van der Waals surface area contributed by atoms with E-state index in [1.54, 1.807) is 0 Å². The van der Waals surface area contributed by atoms with Gasteiger partial charge < -0.3 is 14.6 Å². The molecule has 3 rings (SSSR count). The zero-order valence-corrected chi connectivity index (χ0v) is 17.5. The van der Waals surface area contributed by atoms with Crippen molar-refractivity contribution in [3.05, 3.63) is 21.2 Å². The van der Waals surface area contributed by atoms with Crippen molar-refractivity contribution in [3.63, 3.8) is 0 Å². The summed E-state index contributed by atoms with van der Waals surface area (Å²) in [6.45, 7) is 5.61. The summed E-state index contributed by atoms with van der Waals surface area (Å²) in [6, 6.07) is 0.513. The number of ether oxygens (including phenoxy) is 1. The van der Waals surface area contributed by atoms with E-state index >= 15 is 0 Å². The maximum absolute atomic E-state index is 11.9. The van der Waals surface area contributed by atoms with Crippen molar-refractivity contribution in [2.75, 3.05) is 0 Å². The van der Waals surface area contributed by atoms with Crippen LogP contribution in [0.5, 0.6) is 0 Å². The molecular weight excluding hydrogens is 455 g/mol. The first kappa shape index (κ1) is 18.7. The lowest BCUT2D eigenvalue weighted by Gasteiger charge is -2.31. The predicted octanol–water partition coefficient (Wildman–Crippen LogP) is 4.70. The van der Waals surface area contributed by atoms with Gasteiger partial charge in [-0.15, -0.1) is 0 Å². The van der Waals surface area contributed by atoms with Crippen molar-refractivity contribution in [1.82, 2.24) is 19.9 Å². The zero-order valence-electron chi connectivity index (χ0n) is 14.6. The minimum atomic E-state index is -0.471. The SMILES string of the molecule is CC(C)(C)OC(=O)NC1CCC(n2cc(I)c3c(Cl)ncnc32)CC1. The van der Waals surface area contributed by atoms with Crippen LogP contribution in [-0.4, -0.2) is 32.3 Å². The molecule has 0 aliphatic heterocycles. The van der Waals surface area contributed by atoms with E-state index in [0.717, 1.165) is 40.3 Å². The summed E-state index contributed by atoms with van der Waals surface area (Å²) in [6.07, 6.45) is 7.05. The summed E-state index contributed by atoms with van der Waals surface area (Å²) in [5, 5.41) is 4.39. The van der Waals surface area contributed by atoms with Crippen LogP contribution in [0.1, 0.15) is 52.5 Å². The molecule has 1 saturated carbocycles. The first-order valence-electron chi connectivity index (χ1n) is 8.40. The fourth-order valence-electron chi connectivity index (χ4n) is 3.26. The third kappa shape index (κ3) is 4.36. The molecule has 2 aromatic rings. The van der Waals surface area contributed by atoms with Gasteiger partial charge in [-0.25, -0.2) is 14.8 Å². The molecule has 25 heavy (non-hydrogen) atoms. The van der Waals surface area contributed by atoms with E-state index in [4.69, 9.17) is 16.3 Å². The van der Waals surface area contributed by atoms with Crippen LogP contribution >= 0.6 is 34.2 Å². The number of amides is 1. The number of hydrogen-bond donors (Lipinski definition) is 1. The Hall–Kier alpha value is -1.09. The number of hydrogen-bond acceptors (Lipinski definition) is 4. The topological polar surface area (TPSA) is 69.0 Å². The van der Waals surface area contributed by atoms with Crippen LogP contribution in [-0.2, 0) is 4.74 Å². The van der Waals surface area contributed by atoms with E-state index in [1.165, 1.54) is 6.33 Å². The summed E-state index contributed by atoms with van der Waals surface area (Å²) >= 11 is 8.49. The molecular formula is C17H22ClIN4O2. The predicted molar refractivity (Wildman–Crippen MR) is 106 cm³/mol. The molecule has 1 fully saturated rings. The van der Waals surface area contributed by atoms with E-state index < -0.39 is 5.60 Å². The summed E-state index contributed by atoms with van der Waals surface area (Å²) in [5.41, 5.74) is 0.411. The highest BCUT2D eigenvalue weighted by Crippen LogP contribution is 2.35. The Balaban J connectivity index is 1.65. The molecule has 136 valence electrons. The molecule has 0 aromatic carbocycles. The summed E-state index contributed by atoms with van der Waals surface area (Å²) < 4.78 is 8.60. The Bertz CT molecular complexity index is 779. The normalized spacial score (nSPS) is 21.3. The van der Waals surface area contributed by atoms with Crippen LogP contribution in [0.3, 0.4) is 0 Å². The third-order valence-corrected chi connectivity index (χ3v) is 5.43. The molecule has 6 nitrogen and oxygen atoms in total. The molecule has 8 heteroatoms. The first-order valence-corrected chi connectivity index (χ1v) is 9.86. The number of nitrogens with zero attached hydrogens (tertiary/aromatic N) is 3. The molecule has 2 aromatic heterocycles. The van der Waals surface area contributed by atoms with Crippen LogP contribution in [0, 0.1) is 3.57 Å². The van der Waals surface area contributed by atoms with Crippen LogP contribution in [0.4, 0.5) is 4.79 Å². The number of aromatic nitrogens is 3. The van der Waals surface area contributed by atoms with Crippen molar-refractivity contribution in [3.8, 4) is 0 Å². The van der Waals surface area contributed by atoms with Crippen LogP contribution in [0.25, 0.3) is 11.0 Å². The molecule has 2 heterocycles. The quantitative estimate of drug-likeness (QED) is 0.504. The van der Waals surface area contributed by atoms with Crippen molar-refractivity contribution in [1.29, 1.82) is 0 Å². The fourth-order valence-corrected chi connectivity index (χ4v) is 4.44. The number of nitrogens with one attached hydrogen (secondary N) is 1. The average molecular weight is 477 g/mol. The second kappa shape index (κ2) is 7.26. The van der Waals surface area contributed by atoms with Gasteiger partial charge >= 0.3 is 6.09 Å².